The minimum atomic E-state index is -0.365. The molecule has 3 aromatic rings. The van der Waals surface area contributed by atoms with Crippen molar-refractivity contribution in [2.45, 2.75) is 24.3 Å². The predicted octanol–water partition coefficient (Wildman–Crippen LogP) is 4.56. The molecule has 0 radical (unpaired) electrons. The number of aromatic amines is 1. The van der Waals surface area contributed by atoms with E-state index in [1.165, 1.54) is 11.8 Å². The van der Waals surface area contributed by atoms with Gasteiger partial charge in [-0.2, -0.15) is 0 Å². The Morgan fingerprint density at radius 1 is 1.30 bits per heavy atom. The number of H-pyrrole nitrogens is 1. The maximum absolute atomic E-state index is 12.4. The van der Waals surface area contributed by atoms with Gasteiger partial charge >= 0.3 is 0 Å². The van der Waals surface area contributed by atoms with Crippen LogP contribution in [0.1, 0.15) is 12.5 Å². The number of hydrogen-bond donors (Lipinski definition) is 2. The van der Waals surface area contributed by atoms with Crippen molar-refractivity contribution >= 4 is 35.0 Å². The molecule has 2 N–H and O–H groups in total. The van der Waals surface area contributed by atoms with Crippen molar-refractivity contribution in [2.24, 2.45) is 0 Å². The molecule has 1 atom stereocenters. The Labute approximate surface area is 166 Å². The number of rotatable bonds is 6. The Kier molecular flexibility index (Phi) is 6.03. The molecule has 0 saturated carbocycles. The number of aryl methyl sites for hydroxylation is 1. The van der Waals surface area contributed by atoms with E-state index < -0.39 is 0 Å². The minimum Gasteiger partial charge on any atom is -0.496 e. The number of nitrogens with one attached hydrogen (secondary N) is 2. The highest BCUT2D eigenvalue weighted by atomic mass is 35.5. The molecule has 3 rings (SSSR count). The van der Waals surface area contributed by atoms with Gasteiger partial charge in [0.05, 0.1) is 17.9 Å². The molecule has 0 aliphatic carbocycles. The van der Waals surface area contributed by atoms with Crippen molar-refractivity contribution in [2.75, 3.05) is 12.4 Å². The van der Waals surface area contributed by atoms with E-state index in [0.29, 0.717) is 27.3 Å². The van der Waals surface area contributed by atoms with Crippen molar-refractivity contribution in [1.29, 1.82) is 0 Å². The van der Waals surface area contributed by atoms with E-state index in [2.05, 4.69) is 20.5 Å². The molecule has 0 aliphatic heterocycles. The third kappa shape index (κ3) is 4.81. The predicted molar refractivity (Wildman–Crippen MR) is 109 cm³/mol. The van der Waals surface area contributed by atoms with Gasteiger partial charge in [0.15, 0.2) is 5.82 Å². The molecule has 0 bridgehead atoms. The summed E-state index contributed by atoms with van der Waals surface area (Å²) < 4.78 is 5.34. The lowest BCUT2D eigenvalue weighted by Gasteiger charge is -2.10. The Balaban J connectivity index is 1.70. The Hall–Kier alpha value is -2.51. The average molecular weight is 403 g/mol. The van der Waals surface area contributed by atoms with Crippen LogP contribution in [0.2, 0.25) is 5.02 Å². The first-order chi connectivity index (χ1) is 13.0. The molecule has 0 saturated heterocycles. The fraction of sp³-hybridized carbons (Fsp3) is 0.211. The summed E-state index contributed by atoms with van der Waals surface area (Å²) >= 11 is 7.34. The first-order valence-electron chi connectivity index (χ1n) is 8.27. The molecule has 1 heterocycles. The summed E-state index contributed by atoms with van der Waals surface area (Å²) in [5.41, 5.74) is 2.56. The van der Waals surface area contributed by atoms with Crippen molar-refractivity contribution in [1.82, 2.24) is 15.2 Å². The number of methoxy groups -OCH3 is 1. The number of amides is 1. The zero-order chi connectivity index (χ0) is 19.4. The fourth-order valence-electron chi connectivity index (χ4n) is 2.46. The van der Waals surface area contributed by atoms with Crippen LogP contribution in [0.25, 0.3) is 11.4 Å². The summed E-state index contributed by atoms with van der Waals surface area (Å²) in [4.78, 5) is 16.9. The molecule has 2 aromatic carbocycles. The van der Waals surface area contributed by atoms with Gasteiger partial charge in [0.2, 0.25) is 11.1 Å². The maximum Gasteiger partial charge on any atom is 0.237 e. The second-order valence-corrected chi connectivity index (χ2v) is 7.67. The average Bonchev–Trinajstić information content (AvgIpc) is 3.10. The van der Waals surface area contributed by atoms with Crippen molar-refractivity contribution < 1.29 is 9.53 Å². The van der Waals surface area contributed by atoms with E-state index in [9.17, 15) is 4.79 Å². The molecule has 1 aromatic heterocycles. The molecule has 0 aliphatic rings. The number of carbonyl (C=O) groups excluding carboxylic acids is 1. The van der Waals surface area contributed by atoms with E-state index in [1.807, 2.05) is 38.1 Å². The molecule has 0 spiro atoms. The van der Waals surface area contributed by atoms with Crippen LogP contribution in [0, 0.1) is 6.92 Å². The molecular weight excluding hydrogens is 384 g/mol. The monoisotopic (exact) mass is 402 g/mol. The number of benzene rings is 2. The van der Waals surface area contributed by atoms with Gasteiger partial charge in [0, 0.05) is 10.7 Å². The van der Waals surface area contributed by atoms with Crippen molar-refractivity contribution in [3.8, 4) is 17.1 Å². The second kappa shape index (κ2) is 8.45. The van der Waals surface area contributed by atoms with Gasteiger partial charge in [-0.05, 0) is 49.7 Å². The highest BCUT2D eigenvalue weighted by Gasteiger charge is 2.19. The lowest BCUT2D eigenvalue weighted by atomic mass is 10.2. The highest BCUT2D eigenvalue weighted by Crippen LogP contribution is 2.31. The number of halogens is 1. The van der Waals surface area contributed by atoms with Gasteiger partial charge in [-0.3, -0.25) is 9.89 Å². The zero-order valence-corrected chi connectivity index (χ0v) is 16.7. The molecule has 6 nitrogen and oxygen atoms in total. The third-order valence-electron chi connectivity index (χ3n) is 3.82. The highest BCUT2D eigenvalue weighted by molar-refractivity contribution is 8.00. The van der Waals surface area contributed by atoms with Crippen LogP contribution in [0.5, 0.6) is 5.75 Å². The SMILES string of the molecule is COc1ccc(Cl)cc1-c1nc(S[C@H](C)C(=O)Nc2cccc(C)c2)n[nH]1. The smallest absolute Gasteiger partial charge is 0.237 e. The number of hydrogen-bond acceptors (Lipinski definition) is 5. The lowest BCUT2D eigenvalue weighted by Crippen LogP contribution is -2.22. The van der Waals surface area contributed by atoms with Gasteiger partial charge < -0.3 is 10.1 Å². The van der Waals surface area contributed by atoms with Crippen LogP contribution in [-0.4, -0.2) is 33.4 Å². The molecule has 27 heavy (non-hydrogen) atoms. The van der Waals surface area contributed by atoms with Crippen LogP contribution in [0.4, 0.5) is 5.69 Å². The largest absolute Gasteiger partial charge is 0.496 e. The quantitative estimate of drug-likeness (QED) is 0.591. The number of anilines is 1. The van der Waals surface area contributed by atoms with Crippen LogP contribution in [0.15, 0.2) is 47.6 Å². The summed E-state index contributed by atoms with van der Waals surface area (Å²) in [5.74, 6) is 1.05. The summed E-state index contributed by atoms with van der Waals surface area (Å²) in [6.07, 6.45) is 0. The van der Waals surface area contributed by atoms with Crippen LogP contribution < -0.4 is 10.1 Å². The number of nitrogens with zero attached hydrogens (tertiary/aromatic N) is 2. The van der Waals surface area contributed by atoms with Gasteiger partial charge in [-0.15, -0.1) is 5.10 Å². The molecule has 1 amide bonds. The maximum atomic E-state index is 12.4. The van der Waals surface area contributed by atoms with E-state index in [1.54, 1.807) is 25.3 Å². The van der Waals surface area contributed by atoms with Gasteiger partial charge in [0.25, 0.3) is 0 Å². The van der Waals surface area contributed by atoms with E-state index in [4.69, 9.17) is 16.3 Å². The van der Waals surface area contributed by atoms with Crippen LogP contribution in [-0.2, 0) is 4.79 Å². The topological polar surface area (TPSA) is 79.9 Å². The summed E-state index contributed by atoms with van der Waals surface area (Å²) in [6.45, 7) is 3.79. The first kappa shape index (κ1) is 19.3. The second-order valence-electron chi connectivity index (χ2n) is 5.93. The van der Waals surface area contributed by atoms with E-state index in [-0.39, 0.29) is 11.2 Å². The number of aromatic nitrogens is 3. The van der Waals surface area contributed by atoms with E-state index >= 15 is 0 Å². The molecule has 0 unspecified atom stereocenters. The Bertz CT molecular complexity index is 960. The molecule has 140 valence electrons. The molecule has 0 fully saturated rings. The van der Waals surface area contributed by atoms with Crippen LogP contribution >= 0.6 is 23.4 Å². The van der Waals surface area contributed by atoms with Crippen molar-refractivity contribution in [3.05, 3.63) is 53.1 Å². The third-order valence-corrected chi connectivity index (χ3v) is 5.01. The van der Waals surface area contributed by atoms with Gasteiger partial charge in [0.1, 0.15) is 5.75 Å². The fourth-order valence-corrected chi connectivity index (χ4v) is 3.36. The number of carbonyl (C=O) groups is 1. The van der Waals surface area contributed by atoms with Gasteiger partial charge in [-0.25, -0.2) is 4.98 Å². The Morgan fingerprint density at radius 3 is 2.85 bits per heavy atom. The van der Waals surface area contributed by atoms with Crippen LogP contribution in [0.3, 0.4) is 0 Å². The Morgan fingerprint density at radius 2 is 2.11 bits per heavy atom. The zero-order valence-electron chi connectivity index (χ0n) is 15.1. The number of ether oxygens (including phenoxy) is 1. The minimum absolute atomic E-state index is 0.114. The lowest BCUT2D eigenvalue weighted by molar-refractivity contribution is -0.115. The summed E-state index contributed by atoms with van der Waals surface area (Å²) in [6, 6.07) is 12.9. The standard InChI is InChI=1S/C19H19ClN4O2S/c1-11-5-4-6-14(9-11)21-18(25)12(2)27-19-22-17(23-24-19)15-10-13(20)7-8-16(15)26-3/h4-10,12H,1-3H3,(H,21,25)(H,22,23,24)/t12-/m1/s1. The summed E-state index contributed by atoms with van der Waals surface area (Å²) in [7, 11) is 1.58. The molecular formula is C19H19ClN4O2S. The molecule has 8 heteroatoms. The first-order valence-corrected chi connectivity index (χ1v) is 9.52. The van der Waals surface area contributed by atoms with Crippen molar-refractivity contribution in [3.63, 3.8) is 0 Å². The normalized spacial score (nSPS) is 11.9. The number of thioether (sulfide) groups is 1. The summed E-state index contributed by atoms with van der Waals surface area (Å²) in [5, 5.41) is 10.6. The van der Waals surface area contributed by atoms with Gasteiger partial charge in [-0.1, -0.05) is 35.5 Å². The van der Waals surface area contributed by atoms with E-state index in [0.717, 1.165) is 11.3 Å².